The van der Waals surface area contributed by atoms with Crippen LogP contribution in [-0.2, 0) is 0 Å². The van der Waals surface area contributed by atoms with Gasteiger partial charge in [-0.2, -0.15) is 0 Å². The van der Waals surface area contributed by atoms with Gasteiger partial charge < -0.3 is 10.6 Å². The van der Waals surface area contributed by atoms with Gasteiger partial charge in [0.2, 0.25) is 0 Å². The van der Waals surface area contributed by atoms with Crippen LogP contribution in [0.1, 0.15) is 30.6 Å². The Morgan fingerprint density at radius 2 is 2.05 bits per heavy atom. The number of amides is 1. The molecule has 1 atom stereocenters. The number of rotatable bonds is 5. The predicted octanol–water partition coefficient (Wildman–Crippen LogP) is 3.77. The molecule has 1 unspecified atom stereocenters. The van der Waals surface area contributed by atoms with Crippen LogP contribution in [-0.4, -0.2) is 30.4 Å². The van der Waals surface area contributed by atoms with Gasteiger partial charge in [-0.05, 0) is 47.4 Å². The number of fused-ring (bicyclic) bond motifs is 1. The number of nitrogens with two attached hydrogens (primary N) is 1. The average molecular weight is 327 g/mol. The first kappa shape index (κ1) is 18.0. The summed E-state index contributed by atoms with van der Waals surface area (Å²) >= 11 is 1.69. The molecule has 116 valence electrons. The largest absolute Gasteiger partial charge is 0.342 e. The molecular weight excluding hydrogens is 304 g/mol. The molecule has 2 rings (SSSR count). The molecule has 0 bridgehead atoms. The molecule has 0 fully saturated rings. The number of carbonyl (C=O) groups is 1. The van der Waals surface area contributed by atoms with Gasteiger partial charge in [0.15, 0.2) is 0 Å². The van der Waals surface area contributed by atoms with Gasteiger partial charge in [0.25, 0.3) is 5.91 Å². The van der Waals surface area contributed by atoms with Crippen LogP contribution in [0.4, 0.5) is 0 Å². The van der Waals surface area contributed by atoms with Gasteiger partial charge in [-0.25, -0.2) is 0 Å². The summed E-state index contributed by atoms with van der Waals surface area (Å²) in [7, 11) is 1.84. The maximum Gasteiger partial charge on any atom is 0.253 e. The molecule has 0 saturated heterocycles. The van der Waals surface area contributed by atoms with Crippen molar-refractivity contribution in [3.63, 3.8) is 0 Å². The lowest BCUT2D eigenvalue weighted by molar-refractivity contribution is 0.0789. The van der Waals surface area contributed by atoms with E-state index in [4.69, 9.17) is 5.73 Å². The van der Waals surface area contributed by atoms with Crippen molar-refractivity contribution in [3.05, 3.63) is 35.2 Å². The summed E-state index contributed by atoms with van der Waals surface area (Å²) in [5, 5.41) is 3.18. The van der Waals surface area contributed by atoms with Gasteiger partial charge in [-0.3, -0.25) is 4.79 Å². The van der Waals surface area contributed by atoms with Crippen molar-refractivity contribution in [3.8, 4) is 0 Å². The van der Waals surface area contributed by atoms with E-state index in [9.17, 15) is 4.79 Å². The molecule has 0 saturated carbocycles. The van der Waals surface area contributed by atoms with Crippen molar-refractivity contribution in [1.82, 2.24) is 4.90 Å². The Hall–Kier alpha value is -1.10. The van der Waals surface area contributed by atoms with Crippen molar-refractivity contribution < 1.29 is 4.79 Å². The van der Waals surface area contributed by atoms with E-state index in [1.807, 2.05) is 36.7 Å². The Balaban J connectivity index is 0.00000220. The summed E-state index contributed by atoms with van der Waals surface area (Å²) in [5.41, 5.74) is 6.77. The molecule has 3 nitrogen and oxygen atoms in total. The maximum atomic E-state index is 12.4. The number of hydrogen-bond acceptors (Lipinski definition) is 3. The minimum absolute atomic E-state index is 0. The third-order valence-corrected chi connectivity index (χ3v) is 4.60. The van der Waals surface area contributed by atoms with Gasteiger partial charge in [-0.15, -0.1) is 23.7 Å². The van der Waals surface area contributed by atoms with Crippen LogP contribution in [0.3, 0.4) is 0 Å². The Kier molecular flexibility index (Phi) is 6.65. The monoisotopic (exact) mass is 326 g/mol. The van der Waals surface area contributed by atoms with Crippen molar-refractivity contribution in [2.45, 2.75) is 26.3 Å². The molecule has 0 aliphatic rings. The summed E-state index contributed by atoms with van der Waals surface area (Å²) in [6.07, 6.45) is 0.834. The Bertz CT molecular complexity index is 597. The third-order valence-electron chi connectivity index (χ3n) is 3.70. The van der Waals surface area contributed by atoms with Crippen LogP contribution < -0.4 is 5.73 Å². The highest BCUT2D eigenvalue weighted by Gasteiger charge is 2.14. The van der Waals surface area contributed by atoms with E-state index in [-0.39, 0.29) is 24.4 Å². The number of hydrogen-bond donors (Lipinski definition) is 1. The Morgan fingerprint density at radius 3 is 2.71 bits per heavy atom. The van der Waals surface area contributed by atoms with Gasteiger partial charge in [-0.1, -0.05) is 13.8 Å². The summed E-state index contributed by atoms with van der Waals surface area (Å²) in [4.78, 5) is 14.1. The molecule has 0 radical (unpaired) electrons. The topological polar surface area (TPSA) is 46.3 Å². The second-order valence-corrected chi connectivity index (χ2v) is 6.54. The van der Waals surface area contributed by atoms with Crippen LogP contribution in [0, 0.1) is 5.92 Å². The summed E-state index contributed by atoms with van der Waals surface area (Å²) < 4.78 is 1.21. The van der Waals surface area contributed by atoms with E-state index in [2.05, 4.69) is 13.8 Å². The number of thiophene rings is 1. The number of carbonyl (C=O) groups excluding carboxylic acids is 1. The molecule has 1 heterocycles. The number of benzene rings is 1. The highest BCUT2D eigenvalue weighted by atomic mass is 35.5. The van der Waals surface area contributed by atoms with Crippen LogP contribution in [0.25, 0.3) is 10.1 Å². The summed E-state index contributed by atoms with van der Waals surface area (Å²) in [5.74, 6) is 0.509. The molecule has 1 aromatic carbocycles. The third kappa shape index (κ3) is 4.43. The lowest BCUT2D eigenvalue weighted by Gasteiger charge is -2.21. The summed E-state index contributed by atoms with van der Waals surface area (Å²) in [6.45, 7) is 4.91. The highest BCUT2D eigenvalue weighted by Crippen LogP contribution is 2.22. The average Bonchev–Trinajstić information content (AvgIpc) is 2.90. The molecule has 1 amide bonds. The fourth-order valence-corrected chi connectivity index (χ4v) is 2.87. The van der Waals surface area contributed by atoms with Crippen LogP contribution in [0.2, 0.25) is 0 Å². The van der Waals surface area contributed by atoms with Gasteiger partial charge in [0.05, 0.1) is 0 Å². The highest BCUT2D eigenvalue weighted by molar-refractivity contribution is 7.17. The van der Waals surface area contributed by atoms with E-state index in [0.717, 1.165) is 17.4 Å². The molecule has 2 aromatic rings. The number of nitrogens with zero attached hydrogens (tertiary/aromatic N) is 1. The fourth-order valence-electron chi connectivity index (χ4n) is 2.10. The van der Waals surface area contributed by atoms with E-state index in [0.29, 0.717) is 12.5 Å². The minimum Gasteiger partial charge on any atom is -0.342 e. The van der Waals surface area contributed by atoms with Crippen LogP contribution in [0.15, 0.2) is 29.6 Å². The first-order chi connectivity index (χ1) is 9.49. The molecular formula is C16H23ClN2OS. The SMILES string of the molecule is CC(C)C(N)CCN(C)C(=O)c1ccc2sccc2c1.Cl. The van der Waals surface area contributed by atoms with Gasteiger partial charge in [0.1, 0.15) is 0 Å². The lowest BCUT2D eigenvalue weighted by Crippen LogP contribution is -2.34. The van der Waals surface area contributed by atoms with Gasteiger partial charge in [0, 0.05) is 29.9 Å². The predicted molar refractivity (Wildman–Crippen MR) is 93.5 cm³/mol. The zero-order valence-electron chi connectivity index (χ0n) is 12.7. The molecule has 5 heteroatoms. The van der Waals surface area contributed by atoms with E-state index >= 15 is 0 Å². The first-order valence-electron chi connectivity index (χ1n) is 6.97. The van der Waals surface area contributed by atoms with E-state index < -0.39 is 0 Å². The standard InChI is InChI=1S/C16H22N2OS.ClH/c1-11(2)14(17)6-8-18(3)16(19)13-4-5-15-12(10-13)7-9-20-15;/h4-5,7,9-11,14H,6,8,17H2,1-3H3;1H. The fraction of sp³-hybridized carbons (Fsp3) is 0.438. The summed E-state index contributed by atoms with van der Waals surface area (Å²) in [6, 6.07) is 8.07. The van der Waals surface area contributed by atoms with Crippen molar-refractivity contribution in [2.24, 2.45) is 11.7 Å². The van der Waals surface area contributed by atoms with E-state index in [1.165, 1.54) is 4.70 Å². The van der Waals surface area contributed by atoms with Crippen molar-refractivity contribution >= 4 is 39.7 Å². The van der Waals surface area contributed by atoms with Crippen molar-refractivity contribution in [1.29, 1.82) is 0 Å². The molecule has 1 aromatic heterocycles. The molecule has 0 spiro atoms. The van der Waals surface area contributed by atoms with E-state index in [1.54, 1.807) is 16.2 Å². The second kappa shape index (κ2) is 7.78. The lowest BCUT2D eigenvalue weighted by atomic mass is 10.0. The number of halogens is 1. The van der Waals surface area contributed by atoms with Crippen LogP contribution >= 0.6 is 23.7 Å². The minimum atomic E-state index is 0. The molecule has 0 aliphatic carbocycles. The molecule has 21 heavy (non-hydrogen) atoms. The molecule has 0 aliphatic heterocycles. The molecule has 2 N–H and O–H groups in total. The smallest absolute Gasteiger partial charge is 0.253 e. The Morgan fingerprint density at radius 1 is 1.33 bits per heavy atom. The van der Waals surface area contributed by atoms with Gasteiger partial charge >= 0.3 is 0 Å². The zero-order chi connectivity index (χ0) is 14.7. The maximum absolute atomic E-state index is 12.4. The van der Waals surface area contributed by atoms with Crippen molar-refractivity contribution in [2.75, 3.05) is 13.6 Å². The Labute approximate surface area is 136 Å². The normalized spacial score (nSPS) is 12.2. The quantitative estimate of drug-likeness (QED) is 0.909. The van der Waals surface area contributed by atoms with Crippen LogP contribution in [0.5, 0.6) is 0 Å². The zero-order valence-corrected chi connectivity index (χ0v) is 14.3. The first-order valence-corrected chi connectivity index (χ1v) is 7.85. The second-order valence-electron chi connectivity index (χ2n) is 5.60.